The van der Waals surface area contributed by atoms with E-state index in [-0.39, 0.29) is 11.7 Å². The van der Waals surface area contributed by atoms with Gasteiger partial charge in [-0.15, -0.1) is 0 Å². The number of rotatable bonds is 7. The number of nitrogens with zero attached hydrogens (tertiary/aromatic N) is 1. The molecular formula is C16H24N2O4S. The van der Waals surface area contributed by atoms with Crippen LogP contribution in [-0.2, 0) is 21.4 Å². The van der Waals surface area contributed by atoms with Crippen LogP contribution in [0.4, 0.5) is 0 Å². The van der Waals surface area contributed by atoms with Crippen molar-refractivity contribution < 1.29 is 17.9 Å². The molecule has 0 aromatic heterocycles. The standard InChI is InChI=1S/C16H24N2O4S/c1-3-11-23(20,21)18-10-6-8-14(18)16(19)17-12-13-7-4-5-9-15(13)22-2/h4-5,7,9,14H,3,6,8,10-12H2,1-2H3,(H,17,19). The number of hydrogen-bond donors (Lipinski definition) is 1. The van der Waals surface area contributed by atoms with E-state index >= 15 is 0 Å². The van der Waals surface area contributed by atoms with Gasteiger partial charge in [0, 0.05) is 18.7 Å². The first kappa shape index (κ1) is 17.7. The number of hydrogen-bond acceptors (Lipinski definition) is 4. The summed E-state index contributed by atoms with van der Waals surface area (Å²) in [5.74, 6) is 0.547. The quantitative estimate of drug-likeness (QED) is 0.816. The third-order valence-electron chi connectivity index (χ3n) is 3.97. The van der Waals surface area contributed by atoms with Crippen molar-refractivity contribution in [3.8, 4) is 5.75 Å². The van der Waals surface area contributed by atoms with Crippen molar-refractivity contribution in [1.29, 1.82) is 0 Å². The fourth-order valence-corrected chi connectivity index (χ4v) is 4.61. The highest BCUT2D eigenvalue weighted by Crippen LogP contribution is 2.23. The van der Waals surface area contributed by atoms with Crippen molar-refractivity contribution in [3.05, 3.63) is 29.8 Å². The number of nitrogens with one attached hydrogen (secondary N) is 1. The van der Waals surface area contributed by atoms with E-state index in [0.29, 0.717) is 31.7 Å². The second kappa shape index (κ2) is 7.79. The lowest BCUT2D eigenvalue weighted by atomic mass is 10.2. The normalized spacial score (nSPS) is 18.8. The predicted molar refractivity (Wildman–Crippen MR) is 88.6 cm³/mol. The molecule has 1 aliphatic heterocycles. The summed E-state index contributed by atoms with van der Waals surface area (Å²) in [6, 6.07) is 6.84. The lowest BCUT2D eigenvalue weighted by Gasteiger charge is -2.23. The first-order chi connectivity index (χ1) is 11.0. The van der Waals surface area contributed by atoms with Gasteiger partial charge >= 0.3 is 0 Å². The zero-order valence-corrected chi connectivity index (χ0v) is 14.4. The van der Waals surface area contributed by atoms with Gasteiger partial charge in [-0.1, -0.05) is 25.1 Å². The topological polar surface area (TPSA) is 75.7 Å². The monoisotopic (exact) mass is 340 g/mol. The summed E-state index contributed by atoms with van der Waals surface area (Å²) in [5.41, 5.74) is 0.865. The first-order valence-electron chi connectivity index (χ1n) is 7.88. The van der Waals surface area contributed by atoms with Crippen LogP contribution in [-0.4, -0.2) is 44.1 Å². The second-order valence-corrected chi connectivity index (χ2v) is 7.66. The Bertz CT molecular complexity index is 645. The highest BCUT2D eigenvalue weighted by atomic mass is 32.2. The van der Waals surface area contributed by atoms with Crippen LogP contribution in [0.1, 0.15) is 31.7 Å². The van der Waals surface area contributed by atoms with Crippen LogP contribution >= 0.6 is 0 Å². The van der Waals surface area contributed by atoms with Gasteiger partial charge in [-0.3, -0.25) is 4.79 Å². The molecule has 128 valence electrons. The summed E-state index contributed by atoms with van der Waals surface area (Å²) in [7, 11) is -1.77. The van der Waals surface area contributed by atoms with Gasteiger partial charge in [-0.25, -0.2) is 8.42 Å². The Hall–Kier alpha value is -1.60. The summed E-state index contributed by atoms with van der Waals surface area (Å²) in [6.45, 7) is 2.57. The van der Waals surface area contributed by atoms with Crippen molar-refractivity contribution in [3.63, 3.8) is 0 Å². The van der Waals surface area contributed by atoms with Crippen LogP contribution in [0.3, 0.4) is 0 Å². The van der Waals surface area contributed by atoms with Crippen molar-refractivity contribution in [2.45, 2.75) is 38.8 Å². The Labute approximate surface area is 137 Å². The van der Waals surface area contributed by atoms with Gasteiger partial charge in [0.1, 0.15) is 11.8 Å². The lowest BCUT2D eigenvalue weighted by Crippen LogP contribution is -2.46. The minimum atomic E-state index is -3.35. The molecular weight excluding hydrogens is 316 g/mol. The van der Waals surface area contributed by atoms with Crippen LogP contribution in [0, 0.1) is 0 Å². The first-order valence-corrected chi connectivity index (χ1v) is 9.49. The smallest absolute Gasteiger partial charge is 0.238 e. The van der Waals surface area contributed by atoms with E-state index in [1.807, 2.05) is 31.2 Å². The van der Waals surface area contributed by atoms with E-state index < -0.39 is 16.1 Å². The van der Waals surface area contributed by atoms with E-state index in [2.05, 4.69) is 5.32 Å². The minimum Gasteiger partial charge on any atom is -0.496 e. The summed E-state index contributed by atoms with van der Waals surface area (Å²) in [5, 5.41) is 2.83. The molecule has 1 heterocycles. The molecule has 0 radical (unpaired) electrons. The number of sulfonamides is 1. The van der Waals surface area contributed by atoms with Crippen molar-refractivity contribution in [2.24, 2.45) is 0 Å². The van der Waals surface area contributed by atoms with Crippen molar-refractivity contribution in [2.75, 3.05) is 19.4 Å². The van der Waals surface area contributed by atoms with E-state index in [9.17, 15) is 13.2 Å². The number of ether oxygens (including phenoxy) is 1. The number of amides is 1. The Morgan fingerprint density at radius 3 is 2.83 bits per heavy atom. The van der Waals surface area contributed by atoms with Gasteiger partial charge in [0.05, 0.1) is 12.9 Å². The average molecular weight is 340 g/mol. The highest BCUT2D eigenvalue weighted by molar-refractivity contribution is 7.89. The van der Waals surface area contributed by atoms with E-state index in [1.165, 1.54) is 4.31 Å². The fourth-order valence-electron chi connectivity index (χ4n) is 2.86. The van der Waals surface area contributed by atoms with E-state index in [1.54, 1.807) is 7.11 Å². The highest BCUT2D eigenvalue weighted by Gasteiger charge is 2.37. The summed E-state index contributed by atoms with van der Waals surface area (Å²) < 4.78 is 31.1. The molecule has 1 aliphatic rings. The second-order valence-electron chi connectivity index (χ2n) is 5.61. The SMILES string of the molecule is CCCS(=O)(=O)N1CCCC1C(=O)NCc1ccccc1OC. The molecule has 0 aliphatic carbocycles. The Morgan fingerprint density at radius 2 is 2.13 bits per heavy atom. The van der Waals surface area contributed by atoms with Gasteiger partial charge in [-0.2, -0.15) is 4.31 Å². The maximum Gasteiger partial charge on any atom is 0.238 e. The molecule has 7 heteroatoms. The Morgan fingerprint density at radius 1 is 1.39 bits per heavy atom. The molecule has 0 spiro atoms. The fraction of sp³-hybridized carbons (Fsp3) is 0.562. The van der Waals surface area contributed by atoms with Crippen LogP contribution in [0.2, 0.25) is 0 Å². The molecule has 1 amide bonds. The third kappa shape index (κ3) is 4.23. The Kier molecular flexibility index (Phi) is 6.01. The number of para-hydroxylation sites is 1. The molecule has 0 saturated carbocycles. The van der Waals surface area contributed by atoms with Crippen molar-refractivity contribution in [1.82, 2.24) is 9.62 Å². The molecule has 2 rings (SSSR count). The molecule has 1 saturated heterocycles. The van der Waals surface area contributed by atoms with Gasteiger partial charge in [-0.05, 0) is 25.3 Å². The van der Waals surface area contributed by atoms with E-state index in [0.717, 1.165) is 12.0 Å². The number of methoxy groups -OCH3 is 1. The van der Waals surface area contributed by atoms with Gasteiger partial charge in [0.15, 0.2) is 0 Å². The minimum absolute atomic E-state index is 0.0866. The molecule has 1 aromatic carbocycles. The summed E-state index contributed by atoms with van der Waals surface area (Å²) in [6.07, 6.45) is 1.84. The van der Waals surface area contributed by atoms with Crippen molar-refractivity contribution >= 4 is 15.9 Å². The van der Waals surface area contributed by atoms with Gasteiger partial charge in [0.25, 0.3) is 0 Å². The predicted octanol–water partition coefficient (Wildman–Crippen LogP) is 1.52. The molecule has 23 heavy (non-hydrogen) atoms. The zero-order chi connectivity index (χ0) is 16.9. The number of benzene rings is 1. The van der Waals surface area contributed by atoms with Crippen LogP contribution in [0.5, 0.6) is 5.75 Å². The molecule has 1 atom stereocenters. The molecule has 1 aromatic rings. The average Bonchev–Trinajstić information content (AvgIpc) is 3.03. The zero-order valence-electron chi connectivity index (χ0n) is 13.6. The number of carbonyl (C=O) groups excluding carboxylic acids is 1. The van der Waals surface area contributed by atoms with Gasteiger partial charge in [0.2, 0.25) is 15.9 Å². The molecule has 0 bridgehead atoms. The maximum atomic E-state index is 12.4. The van der Waals surface area contributed by atoms with Crippen LogP contribution in [0.25, 0.3) is 0 Å². The molecule has 1 N–H and O–H groups in total. The summed E-state index contributed by atoms with van der Waals surface area (Å²) in [4.78, 5) is 12.4. The van der Waals surface area contributed by atoms with E-state index in [4.69, 9.17) is 4.74 Å². The lowest BCUT2D eigenvalue weighted by molar-refractivity contribution is -0.124. The van der Waals surface area contributed by atoms with Crippen LogP contribution < -0.4 is 10.1 Å². The molecule has 6 nitrogen and oxygen atoms in total. The third-order valence-corrected chi connectivity index (χ3v) is 6.05. The largest absolute Gasteiger partial charge is 0.496 e. The molecule has 1 unspecified atom stereocenters. The van der Waals surface area contributed by atoms with Crippen LogP contribution in [0.15, 0.2) is 24.3 Å². The Balaban J connectivity index is 2.02. The van der Waals surface area contributed by atoms with Gasteiger partial charge < -0.3 is 10.1 Å². The maximum absolute atomic E-state index is 12.4. The number of carbonyl (C=O) groups is 1. The molecule has 1 fully saturated rings. The summed E-state index contributed by atoms with van der Waals surface area (Å²) >= 11 is 0.